The summed E-state index contributed by atoms with van der Waals surface area (Å²) in [6.07, 6.45) is 0. The summed E-state index contributed by atoms with van der Waals surface area (Å²) in [6.45, 7) is 0. The molecule has 0 amide bonds. The minimum Gasteiger partial charge on any atom is -0.380 e. The maximum absolute atomic E-state index is 12.1. The second kappa shape index (κ2) is 7.78. The molecule has 0 atom stereocenters. The van der Waals surface area contributed by atoms with Crippen molar-refractivity contribution in [1.29, 1.82) is 0 Å². The van der Waals surface area contributed by atoms with Gasteiger partial charge in [-0.05, 0) is 36.4 Å². The van der Waals surface area contributed by atoms with Gasteiger partial charge in [0.05, 0.1) is 10.7 Å². The van der Waals surface area contributed by atoms with Gasteiger partial charge in [-0.2, -0.15) is 5.10 Å². The average molecular weight is 410 g/mol. The van der Waals surface area contributed by atoms with Gasteiger partial charge in [-0.15, -0.1) is 0 Å². The van der Waals surface area contributed by atoms with Crippen molar-refractivity contribution < 1.29 is 9.63 Å². The Bertz CT molecular complexity index is 984. The fourth-order valence-electron chi connectivity index (χ4n) is 2.08. The van der Waals surface area contributed by atoms with Gasteiger partial charge in [-0.25, -0.2) is 4.79 Å². The first-order valence-electron chi connectivity index (χ1n) is 7.25. The average Bonchev–Trinajstić information content (AvgIpc) is 3.10. The van der Waals surface area contributed by atoms with Gasteiger partial charge < -0.3 is 10.6 Å². The molecule has 1 heterocycles. The highest BCUT2D eigenvalue weighted by Crippen LogP contribution is 2.22. The van der Waals surface area contributed by atoms with E-state index in [0.717, 1.165) is 5.56 Å². The zero-order chi connectivity index (χ0) is 18.7. The summed E-state index contributed by atoms with van der Waals surface area (Å²) in [4.78, 5) is 16.9. The van der Waals surface area contributed by atoms with Crippen molar-refractivity contribution in [2.75, 3.05) is 0 Å². The fourth-order valence-corrected chi connectivity index (χ4v) is 2.71. The van der Waals surface area contributed by atoms with Gasteiger partial charge in [0.15, 0.2) is 5.84 Å². The monoisotopic (exact) mass is 408 g/mol. The SMILES string of the molecule is N/C(=N\OC(=O)c1cc(-c2ccc(Cl)cc2)n[nH]1)c1ccc(Cl)cc1Cl. The minimum absolute atomic E-state index is 0.0579. The molecule has 3 aromatic rings. The van der Waals surface area contributed by atoms with Gasteiger partial charge >= 0.3 is 5.97 Å². The van der Waals surface area contributed by atoms with Gasteiger partial charge in [0.1, 0.15) is 5.69 Å². The lowest BCUT2D eigenvalue weighted by atomic mass is 10.1. The van der Waals surface area contributed by atoms with Crippen LogP contribution in [0.3, 0.4) is 0 Å². The van der Waals surface area contributed by atoms with Gasteiger partial charge in [-0.3, -0.25) is 5.10 Å². The lowest BCUT2D eigenvalue weighted by Gasteiger charge is -2.03. The summed E-state index contributed by atoms with van der Waals surface area (Å²) >= 11 is 17.7. The molecular weight excluding hydrogens is 399 g/mol. The molecule has 0 saturated heterocycles. The number of amidine groups is 1. The van der Waals surface area contributed by atoms with Crippen LogP contribution in [0, 0.1) is 0 Å². The van der Waals surface area contributed by atoms with E-state index < -0.39 is 5.97 Å². The molecule has 0 aliphatic heterocycles. The molecule has 26 heavy (non-hydrogen) atoms. The molecule has 1 aromatic heterocycles. The number of nitrogens with zero attached hydrogens (tertiary/aromatic N) is 2. The highest BCUT2D eigenvalue weighted by Gasteiger charge is 2.14. The van der Waals surface area contributed by atoms with Crippen LogP contribution in [-0.2, 0) is 4.84 Å². The molecule has 3 rings (SSSR count). The summed E-state index contributed by atoms with van der Waals surface area (Å²) in [6, 6.07) is 13.2. The molecule has 0 radical (unpaired) electrons. The first kappa shape index (κ1) is 18.3. The van der Waals surface area contributed by atoms with E-state index in [1.54, 1.807) is 36.4 Å². The van der Waals surface area contributed by atoms with E-state index in [4.69, 9.17) is 45.4 Å². The Morgan fingerprint density at radius 2 is 1.73 bits per heavy atom. The fraction of sp³-hybridized carbons (Fsp3) is 0. The highest BCUT2D eigenvalue weighted by molar-refractivity contribution is 6.36. The van der Waals surface area contributed by atoms with E-state index in [0.29, 0.717) is 26.3 Å². The van der Waals surface area contributed by atoms with Crippen LogP contribution < -0.4 is 5.73 Å². The number of aromatic nitrogens is 2. The van der Waals surface area contributed by atoms with Crippen molar-refractivity contribution in [2.45, 2.75) is 0 Å². The second-order valence-electron chi connectivity index (χ2n) is 5.15. The number of rotatable bonds is 4. The first-order chi connectivity index (χ1) is 12.4. The van der Waals surface area contributed by atoms with Crippen molar-refractivity contribution in [3.63, 3.8) is 0 Å². The Labute approximate surface area is 163 Å². The topological polar surface area (TPSA) is 93.4 Å². The van der Waals surface area contributed by atoms with Crippen LogP contribution in [-0.4, -0.2) is 22.0 Å². The summed E-state index contributed by atoms with van der Waals surface area (Å²) in [5, 5.41) is 11.6. The molecular formula is C17H11Cl3N4O2. The number of nitrogens with two attached hydrogens (primary N) is 1. The van der Waals surface area contributed by atoms with Crippen LogP contribution >= 0.6 is 34.8 Å². The normalized spacial score (nSPS) is 11.4. The van der Waals surface area contributed by atoms with Crippen LogP contribution in [0.5, 0.6) is 0 Å². The molecule has 3 N–H and O–H groups in total. The molecule has 6 nitrogen and oxygen atoms in total. The van der Waals surface area contributed by atoms with Gasteiger partial charge in [0.25, 0.3) is 0 Å². The van der Waals surface area contributed by atoms with Crippen LogP contribution in [0.2, 0.25) is 15.1 Å². The number of carbonyl (C=O) groups is 1. The van der Waals surface area contributed by atoms with E-state index in [1.807, 2.05) is 0 Å². The molecule has 0 fully saturated rings. The van der Waals surface area contributed by atoms with Gasteiger partial charge in [0.2, 0.25) is 0 Å². The van der Waals surface area contributed by atoms with Crippen LogP contribution in [0.1, 0.15) is 16.1 Å². The van der Waals surface area contributed by atoms with Crippen molar-refractivity contribution in [3.8, 4) is 11.3 Å². The number of hydrogen-bond acceptors (Lipinski definition) is 4. The van der Waals surface area contributed by atoms with Crippen molar-refractivity contribution in [1.82, 2.24) is 10.2 Å². The molecule has 0 unspecified atom stereocenters. The maximum Gasteiger partial charge on any atom is 0.383 e. The Morgan fingerprint density at radius 1 is 1.04 bits per heavy atom. The van der Waals surface area contributed by atoms with Crippen molar-refractivity contribution in [2.24, 2.45) is 10.9 Å². The zero-order valence-electron chi connectivity index (χ0n) is 13.0. The minimum atomic E-state index is -0.745. The molecule has 2 aromatic carbocycles. The second-order valence-corrected chi connectivity index (χ2v) is 6.43. The molecule has 132 valence electrons. The summed E-state index contributed by atoms with van der Waals surface area (Å²) in [7, 11) is 0. The van der Waals surface area contributed by atoms with E-state index in [2.05, 4.69) is 15.4 Å². The van der Waals surface area contributed by atoms with E-state index in [1.165, 1.54) is 12.1 Å². The van der Waals surface area contributed by atoms with E-state index in [9.17, 15) is 4.79 Å². The predicted molar refractivity (Wildman–Crippen MR) is 102 cm³/mol. The third-order valence-electron chi connectivity index (χ3n) is 3.37. The lowest BCUT2D eigenvalue weighted by Crippen LogP contribution is -2.16. The maximum atomic E-state index is 12.1. The van der Waals surface area contributed by atoms with E-state index >= 15 is 0 Å². The first-order valence-corrected chi connectivity index (χ1v) is 8.39. The molecule has 0 aliphatic carbocycles. The Hall–Kier alpha value is -2.54. The van der Waals surface area contributed by atoms with Crippen LogP contribution in [0.4, 0.5) is 0 Å². The molecule has 9 heteroatoms. The lowest BCUT2D eigenvalue weighted by molar-refractivity contribution is 0.0509. The van der Waals surface area contributed by atoms with Crippen LogP contribution in [0.15, 0.2) is 53.7 Å². The van der Waals surface area contributed by atoms with E-state index in [-0.39, 0.29) is 11.5 Å². The largest absolute Gasteiger partial charge is 0.383 e. The Kier molecular flexibility index (Phi) is 5.46. The summed E-state index contributed by atoms with van der Waals surface area (Å²) < 4.78 is 0. The van der Waals surface area contributed by atoms with Gasteiger partial charge in [0, 0.05) is 21.2 Å². The number of nitrogens with one attached hydrogen (secondary N) is 1. The number of hydrogen-bond donors (Lipinski definition) is 2. The molecule has 0 spiro atoms. The van der Waals surface area contributed by atoms with Crippen LogP contribution in [0.25, 0.3) is 11.3 Å². The summed E-state index contributed by atoms with van der Waals surface area (Å²) in [5.74, 6) is -0.803. The molecule has 0 aliphatic rings. The number of aromatic amines is 1. The Morgan fingerprint density at radius 3 is 2.42 bits per heavy atom. The number of benzene rings is 2. The predicted octanol–water partition coefficient (Wildman–Crippen LogP) is 4.51. The number of halogens is 3. The smallest absolute Gasteiger partial charge is 0.380 e. The third-order valence-corrected chi connectivity index (χ3v) is 4.17. The molecule has 0 bridgehead atoms. The Balaban J connectivity index is 1.73. The number of oxime groups is 1. The number of H-pyrrole nitrogens is 1. The quantitative estimate of drug-likeness (QED) is 0.287. The zero-order valence-corrected chi connectivity index (χ0v) is 15.3. The van der Waals surface area contributed by atoms with Gasteiger partial charge in [-0.1, -0.05) is 52.1 Å². The van der Waals surface area contributed by atoms with Crippen molar-refractivity contribution >= 4 is 46.6 Å². The number of carbonyl (C=O) groups excluding carboxylic acids is 1. The summed E-state index contributed by atoms with van der Waals surface area (Å²) in [5.41, 5.74) is 7.66. The molecule has 0 saturated carbocycles. The highest BCUT2D eigenvalue weighted by atomic mass is 35.5. The van der Waals surface area contributed by atoms with Crippen molar-refractivity contribution in [3.05, 3.63) is 74.9 Å². The third kappa shape index (κ3) is 4.16. The standard InChI is InChI=1S/C17H11Cl3N4O2/c18-10-3-1-9(2-4-10)14-8-15(23-22-14)17(25)26-24-16(21)12-6-5-11(19)7-13(12)20/h1-8H,(H2,21,24)(H,22,23).